The average molecular weight is 562 g/mol. The minimum Gasteiger partial charge on any atom is -0.462 e. The zero-order chi connectivity index (χ0) is 26.3. The summed E-state index contributed by atoms with van der Waals surface area (Å²) in [5.41, 5.74) is 2.10. The molecule has 0 saturated heterocycles. The first-order valence-corrected chi connectivity index (χ1v) is 14.6. The average Bonchev–Trinajstić information content (AvgIpc) is 3.54. The number of amides is 1. The summed E-state index contributed by atoms with van der Waals surface area (Å²) in [6, 6.07) is 25.2. The summed E-state index contributed by atoms with van der Waals surface area (Å²) in [5.74, 6) is 0.992. The second-order valence-corrected chi connectivity index (χ2v) is 11.0. The number of nitrogens with one attached hydrogen (secondary N) is 1. The summed E-state index contributed by atoms with van der Waals surface area (Å²) < 4.78 is 7.84. The van der Waals surface area contributed by atoms with Gasteiger partial charge in [0.15, 0.2) is 10.3 Å². The van der Waals surface area contributed by atoms with Crippen LogP contribution in [-0.2, 0) is 15.3 Å². The lowest BCUT2D eigenvalue weighted by molar-refractivity contribution is -0.113. The van der Waals surface area contributed by atoms with Gasteiger partial charge in [0.05, 0.1) is 33.9 Å². The molecule has 0 radical (unpaired) electrons. The van der Waals surface area contributed by atoms with Crippen molar-refractivity contribution in [1.29, 1.82) is 0 Å². The Morgan fingerprint density at radius 2 is 1.74 bits per heavy atom. The molecule has 1 amide bonds. The quantitative estimate of drug-likeness (QED) is 0.162. The number of para-hydroxylation sites is 1. The topological polar surface area (TPSA) is 99.0 Å². The van der Waals surface area contributed by atoms with Crippen molar-refractivity contribution < 1.29 is 14.3 Å². The van der Waals surface area contributed by atoms with Gasteiger partial charge in [-0.15, -0.1) is 22.0 Å². The number of ether oxygens (including phenoxy) is 1. The van der Waals surface area contributed by atoms with Crippen LogP contribution in [0, 0.1) is 0 Å². The van der Waals surface area contributed by atoms with Gasteiger partial charge in [0.2, 0.25) is 5.91 Å². The Morgan fingerprint density at radius 3 is 2.50 bits per heavy atom. The number of thiazole rings is 1. The van der Waals surface area contributed by atoms with E-state index in [1.807, 2.05) is 53.1 Å². The van der Waals surface area contributed by atoms with Gasteiger partial charge in [-0.05, 0) is 49.4 Å². The number of nitrogens with zero attached hydrogens (tertiary/aromatic N) is 4. The molecule has 2 heterocycles. The number of thioether (sulfide) groups is 2. The fraction of sp³-hybridized carbons (Fsp3) is 0.148. The maximum Gasteiger partial charge on any atom is 0.338 e. The number of hydrogen-bond acceptors (Lipinski definition) is 9. The first-order chi connectivity index (χ1) is 18.6. The van der Waals surface area contributed by atoms with Crippen molar-refractivity contribution in [3.8, 4) is 5.69 Å². The van der Waals surface area contributed by atoms with Crippen LogP contribution in [0.3, 0.4) is 0 Å². The normalized spacial score (nSPS) is 11.0. The van der Waals surface area contributed by atoms with Crippen LogP contribution in [0.2, 0.25) is 0 Å². The van der Waals surface area contributed by atoms with Crippen LogP contribution >= 0.6 is 34.9 Å². The highest BCUT2D eigenvalue weighted by atomic mass is 32.2. The Morgan fingerprint density at radius 1 is 0.974 bits per heavy atom. The molecule has 0 saturated carbocycles. The minimum absolute atomic E-state index is 0.140. The summed E-state index contributed by atoms with van der Waals surface area (Å²) in [6.07, 6.45) is 0. The molecule has 5 aromatic rings. The van der Waals surface area contributed by atoms with Crippen LogP contribution in [0.5, 0.6) is 0 Å². The molecular formula is C27H23N5O3S3. The zero-order valence-corrected chi connectivity index (χ0v) is 22.8. The van der Waals surface area contributed by atoms with E-state index >= 15 is 0 Å². The monoisotopic (exact) mass is 561 g/mol. The molecular weight excluding hydrogens is 539 g/mol. The lowest BCUT2D eigenvalue weighted by atomic mass is 10.2. The number of rotatable bonds is 10. The maximum atomic E-state index is 12.8. The SMILES string of the molecule is CCOC(=O)c1ccc2nc(NC(=O)CSc3nnc(CSc4ccccc4)n3-c3ccccc3)sc2c1. The summed E-state index contributed by atoms with van der Waals surface area (Å²) in [6.45, 7) is 2.07. The lowest BCUT2D eigenvalue weighted by Gasteiger charge is -2.10. The van der Waals surface area contributed by atoms with Crippen molar-refractivity contribution in [2.45, 2.75) is 22.7 Å². The van der Waals surface area contributed by atoms with Crippen LogP contribution in [0.1, 0.15) is 23.1 Å². The van der Waals surface area contributed by atoms with Crippen molar-refractivity contribution in [3.63, 3.8) is 0 Å². The third-order valence-corrected chi connectivity index (χ3v) is 8.17. The first kappa shape index (κ1) is 26.0. The molecule has 0 spiro atoms. The largest absolute Gasteiger partial charge is 0.462 e. The van der Waals surface area contributed by atoms with Gasteiger partial charge in [-0.25, -0.2) is 9.78 Å². The third kappa shape index (κ3) is 6.24. The smallest absolute Gasteiger partial charge is 0.338 e. The minimum atomic E-state index is -0.381. The highest BCUT2D eigenvalue weighted by Gasteiger charge is 2.17. The van der Waals surface area contributed by atoms with Crippen LogP contribution in [-0.4, -0.2) is 44.0 Å². The molecule has 0 atom stereocenters. The molecule has 11 heteroatoms. The van der Waals surface area contributed by atoms with E-state index in [4.69, 9.17) is 4.74 Å². The number of aromatic nitrogens is 4. The Kier molecular flexibility index (Phi) is 8.37. The summed E-state index contributed by atoms with van der Waals surface area (Å²) in [7, 11) is 0. The molecule has 0 unspecified atom stereocenters. The van der Waals surface area contributed by atoms with E-state index in [9.17, 15) is 9.59 Å². The molecule has 1 N–H and O–H groups in total. The summed E-state index contributed by atoms with van der Waals surface area (Å²) in [5, 5.41) is 12.8. The second kappa shape index (κ2) is 12.2. The number of carbonyl (C=O) groups excluding carboxylic acids is 2. The van der Waals surface area contributed by atoms with Gasteiger partial charge in [-0.2, -0.15) is 0 Å². The van der Waals surface area contributed by atoms with E-state index in [2.05, 4.69) is 32.6 Å². The first-order valence-electron chi connectivity index (χ1n) is 11.8. The van der Waals surface area contributed by atoms with Crippen LogP contribution in [0.25, 0.3) is 15.9 Å². The third-order valence-electron chi connectivity index (χ3n) is 5.30. The van der Waals surface area contributed by atoms with Gasteiger partial charge in [0, 0.05) is 10.6 Å². The highest BCUT2D eigenvalue weighted by molar-refractivity contribution is 7.99. The van der Waals surface area contributed by atoms with Crippen molar-refractivity contribution >= 4 is 62.1 Å². The van der Waals surface area contributed by atoms with Gasteiger partial charge in [0.1, 0.15) is 5.82 Å². The van der Waals surface area contributed by atoms with Crippen molar-refractivity contribution in [2.24, 2.45) is 0 Å². The molecule has 0 bridgehead atoms. The molecule has 38 heavy (non-hydrogen) atoms. The van der Waals surface area contributed by atoms with Crippen molar-refractivity contribution in [2.75, 3.05) is 17.7 Å². The Bertz CT molecular complexity index is 1550. The number of hydrogen-bond donors (Lipinski definition) is 1. The Labute approximate surface area is 231 Å². The highest BCUT2D eigenvalue weighted by Crippen LogP contribution is 2.29. The molecule has 0 aliphatic carbocycles. The predicted molar refractivity (Wildman–Crippen MR) is 152 cm³/mol. The molecule has 0 aliphatic heterocycles. The van der Waals surface area contributed by atoms with E-state index in [0.717, 1.165) is 21.1 Å². The van der Waals surface area contributed by atoms with Crippen molar-refractivity contribution in [3.05, 3.63) is 90.3 Å². The van der Waals surface area contributed by atoms with E-state index in [-0.39, 0.29) is 17.6 Å². The molecule has 0 fully saturated rings. The number of fused-ring (bicyclic) bond motifs is 1. The van der Waals surface area contributed by atoms with Crippen LogP contribution < -0.4 is 5.32 Å². The van der Waals surface area contributed by atoms with Gasteiger partial charge in [-0.3, -0.25) is 9.36 Å². The van der Waals surface area contributed by atoms with Gasteiger partial charge >= 0.3 is 5.97 Å². The summed E-state index contributed by atoms with van der Waals surface area (Å²) >= 11 is 4.31. The fourth-order valence-electron chi connectivity index (χ4n) is 3.59. The number of carbonyl (C=O) groups is 2. The molecule has 3 aromatic carbocycles. The van der Waals surface area contributed by atoms with Gasteiger partial charge < -0.3 is 10.1 Å². The van der Waals surface area contributed by atoms with E-state index in [1.165, 1.54) is 23.1 Å². The molecule has 5 rings (SSSR count). The van der Waals surface area contributed by atoms with E-state index in [0.29, 0.717) is 33.7 Å². The lowest BCUT2D eigenvalue weighted by Crippen LogP contribution is -2.14. The maximum absolute atomic E-state index is 12.8. The number of benzene rings is 3. The Hall–Kier alpha value is -3.67. The second-order valence-electron chi connectivity index (χ2n) is 7.93. The van der Waals surface area contributed by atoms with Gasteiger partial charge in [0.25, 0.3) is 0 Å². The van der Waals surface area contributed by atoms with Gasteiger partial charge in [-0.1, -0.05) is 59.5 Å². The molecule has 192 valence electrons. The van der Waals surface area contributed by atoms with E-state index < -0.39 is 0 Å². The van der Waals surface area contributed by atoms with E-state index in [1.54, 1.807) is 36.9 Å². The zero-order valence-electron chi connectivity index (χ0n) is 20.4. The Balaban J connectivity index is 1.27. The fourth-order valence-corrected chi connectivity index (χ4v) is 6.12. The number of esters is 1. The molecule has 2 aromatic heterocycles. The molecule has 8 nitrogen and oxygen atoms in total. The standard InChI is InChI=1S/C27H23N5O3S3/c1-2-35-25(34)18-13-14-21-22(15-18)38-26(28-21)29-24(33)17-37-27-31-30-23(16-36-20-11-7-4-8-12-20)32(27)19-9-5-3-6-10-19/h3-15H,2,16-17H2,1H3,(H,28,29,33). The predicted octanol–water partition coefficient (Wildman–Crippen LogP) is 6.08. The number of anilines is 1. The summed E-state index contributed by atoms with van der Waals surface area (Å²) in [4.78, 5) is 30.4. The molecule has 0 aliphatic rings. The van der Waals surface area contributed by atoms with Crippen LogP contribution in [0.15, 0.2) is 88.9 Å². The van der Waals surface area contributed by atoms with Crippen molar-refractivity contribution in [1.82, 2.24) is 19.7 Å². The van der Waals surface area contributed by atoms with Crippen LogP contribution in [0.4, 0.5) is 5.13 Å².